The molecule has 11 heteroatoms. The summed E-state index contributed by atoms with van der Waals surface area (Å²) in [5.41, 5.74) is 6.20. The summed E-state index contributed by atoms with van der Waals surface area (Å²) in [6.07, 6.45) is 1.89. The van der Waals surface area contributed by atoms with Crippen LogP contribution in [0.25, 0.3) is 11.8 Å². The molecule has 1 aliphatic rings. The molecule has 5 rings (SSSR count). The molecule has 0 amide bonds. The number of carbonyl (C=O) groups excluding carboxylic acids is 2. The monoisotopic (exact) mass is 643 g/mol. The number of aromatic nitrogens is 2. The summed E-state index contributed by atoms with van der Waals surface area (Å²) in [7, 11) is 1.28. The zero-order valence-electron chi connectivity index (χ0n) is 27.0. The van der Waals surface area contributed by atoms with Crippen LogP contribution in [0.1, 0.15) is 54.9 Å². The average Bonchev–Trinajstić information content (AvgIpc) is 3.49. The van der Waals surface area contributed by atoms with E-state index in [2.05, 4.69) is 29.7 Å². The zero-order valence-corrected chi connectivity index (χ0v) is 27.8. The number of methoxy groups -OCH3 is 1. The van der Waals surface area contributed by atoms with Gasteiger partial charge in [-0.1, -0.05) is 35.6 Å². The van der Waals surface area contributed by atoms with Gasteiger partial charge in [-0.25, -0.2) is 14.6 Å². The van der Waals surface area contributed by atoms with Crippen LogP contribution in [-0.2, 0) is 19.1 Å². The molecule has 0 unspecified atom stereocenters. The standard InChI is InChI=1S/C35H37N3O7S/c1-8-43-28-17-24(14-15-27(28)45-19-30(39)42-7)32-31(34(41)44-9-2)22(5)36-35-38(32)33(40)29(46-35)18-25-16-21(4)37(23(25)6)26-13-11-10-12-20(26)3/h10-18,32H,8-9,19H2,1-7H3/b29-18-/t32-/m1/s1. The highest BCUT2D eigenvalue weighted by Crippen LogP contribution is 2.36. The summed E-state index contributed by atoms with van der Waals surface area (Å²) in [6, 6.07) is 14.5. The summed E-state index contributed by atoms with van der Waals surface area (Å²) in [5, 5.41) is 0. The molecule has 10 nitrogen and oxygen atoms in total. The van der Waals surface area contributed by atoms with Crippen molar-refractivity contribution in [2.24, 2.45) is 4.99 Å². The Morgan fingerprint density at radius 1 is 0.978 bits per heavy atom. The van der Waals surface area contributed by atoms with Gasteiger partial charge in [-0.2, -0.15) is 0 Å². The molecule has 46 heavy (non-hydrogen) atoms. The van der Waals surface area contributed by atoms with Crippen molar-refractivity contribution >= 4 is 29.4 Å². The third kappa shape index (κ3) is 6.15. The normalized spacial score (nSPS) is 14.5. The van der Waals surface area contributed by atoms with Crippen molar-refractivity contribution in [3.05, 3.63) is 108 Å². The van der Waals surface area contributed by atoms with Gasteiger partial charge in [0.15, 0.2) is 22.9 Å². The largest absolute Gasteiger partial charge is 0.490 e. The highest BCUT2D eigenvalue weighted by molar-refractivity contribution is 7.07. The number of esters is 2. The van der Waals surface area contributed by atoms with Gasteiger partial charge in [0.25, 0.3) is 5.56 Å². The van der Waals surface area contributed by atoms with Gasteiger partial charge < -0.3 is 23.5 Å². The lowest BCUT2D eigenvalue weighted by atomic mass is 9.95. The fraction of sp³-hybridized carbons (Fsp3) is 0.314. The van der Waals surface area contributed by atoms with Crippen molar-refractivity contribution in [3.63, 3.8) is 0 Å². The number of carbonyl (C=O) groups is 2. The third-order valence-corrected chi connectivity index (χ3v) is 8.77. The minimum absolute atomic E-state index is 0.160. The average molecular weight is 644 g/mol. The molecular formula is C35H37N3O7S. The molecule has 2 aromatic heterocycles. The van der Waals surface area contributed by atoms with Crippen LogP contribution >= 0.6 is 11.3 Å². The first kappa shape index (κ1) is 32.5. The minimum Gasteiger partial charge on any atom is -0.490 e. The molecule has 0 aliphatic carbocycles. The Morgan fingerprint density at radius 2 is 1.74 bits per heavy atom. The molecule has 0 saturated heterocycles. The van der Waals surface area contributed by atoms with Crippen molar-refractivity contribution in [1.82, 2.24) is 9.13 Å². The fourth-order valence-corrected chi connectivity index (χ4v) is 6.68. The fourth-order valence-electron chi connectivity index (χ4n) is 5.64. The Labute approximate surface area is 270 Å². The van der Waals surface area contributed by atoms with E-state index in [4.69, 9.17) is 23.9 Å². The van der Waals surface area contributed by atoms with Crippen LogP contribution in [0.3, 0.4) is 0 Å². The summed E-state index contributed by atoms with van der Waals surface area (Å²) >= 11 is 1.27. The Hall–Kier alpha value is -4.90. The van der Waals surface area contributed by atoms with Crippen LogP contribution in [0.5, 0.6) is 11.5 Å². The number of hydrogen-bond donors (Lipinski definition) is 0. The third-order valence-electron chi connectivity index (χ3n) is 7.79. The zero-order chi connectivity index (χ0) is 33.1. The molecule has 0 N–H and O–H groups in total. The Bertz CT molecular complexity index is 2030. The van der Waals surface area contributed by atoms with Gasteiger partial charge in [0.05, 0.1) is 42.2 Å². The molecule has 0 spiro atoms. The number of thiazole rings is 1. The van der Waals surface area contributed by atoms with Crippen molar-refractivity contribution in [3.8, 4) is 17.2 Å². The molecule has 2 aromatic carbocycles. The number of benzene rings is 2. The van der Waals surface area contributed by atoms with Crippen LogP contribution in [-0.4, -0.2) is 48.0 Å². The molecular weight excluding hydrogens is 606 g/mol. The highest BCUT2D eigenvalue weighted by atomic mass is 32.1. The van der Waals surface area contributed by atoms with Crippen molar-refractivity contribution in [2.45, 2.75) is 47.6 Å². The second kappa shape index (κ2) is 13.6. The summed E-state index contributed by atoms with van der Waals surface area (Å²) in [4.78, 5) is 44.5. The Balaban J connectivity index is 1.67. The minimum atomic E-state index is -0.842. The molecule has 0 fully saturated rings. The van der Waals surface area contributed by atoms with Crippen LogP contribution in [0.2, 0.25) is 0 Å². The second-order valence-electron chi connectivity index (χ2n) is 10.8. The predicted molar refractivity (Wildman–Crippen MR) is 176 cm³/mol. The Kier molecular flexibility index (Phi) is 9.62. The van der Waals surface area contributed by atoms with E-state index in [1.165, 1.54) is 23.0 Å². The second-order valence-corrected chi connectivity index (χ2v) is 11.8. The lowest BCUT2D eigenvalue weighted by Crippen LogP contribution is -2.40. The van der Waals surface area contributed by atoms with E-state index < -0.39 is 18.0 Å². The van der Waals surface area contributed by atoms with Gasteiger partial charge in [-0.05, 0) is 88.6 Å². The number of nitrogens with zero attached hydrogens (tertiary/aromatic N) is 3. The van der Waals surface area contributed by atoms with Gasteiger partial charge in [0.2, 0.25) is 0 Å². The van der Waals surface area contributed by atoms with Crippen LogP contribution in [0.15, 0.2) is 69.6 Å². The maximum Gasteiger partial charge on any atom is 0.343 e. The van der Waals surface area contributed by atoms with Crippen LogP contribution in [0, 0.1) is 20.8 Å². The number of fused-ring (bicyclic) bond motifs is 1. The van der Waals surface area contributed by atoms with Crippen molar-refractivity contribution in [2.75, 3.05) is 26.9 Å². The molecule has 0 radical (unpaired) electrons. The number of rotatable bonds is 10. The number of hydrogen-bond acceptors (Lipinski definition) is 9. The van der Waals surface area contributed by atoms with E-state index in [1.807, 2.05) is 39.0 Å². The van der Waals surface area contributed by atoms with E-state index >= 15 is 0 Å². The van der Waals surface area contributed by atoms with Crippen molar-refractivity contribution < 1.29 is 28.5 Å². The number of para-hydroxylation sites is 1. The summed E-state index contributed by atoms with van der Waals surface area (Å²) < 4.78 is 25.8. The van der Waals surface area contributed by atoms with E-state index in [9.17, 15) is 14.4 Å². The van der Waals surface area contributed by atoms with E-state index in [0.29, 0.717) is 38.7 Å². The maximum atomic E-state index is 14.2. The molecule has 3 heterocycles. The summed E-state index contributed by atoms with van der Waals surface area (Å²) in [6.45, 7) is 11.6. The quantitative estimate of drug-likeness (QED) is 0.235. The molecule has 0 bridgehead atoms. The van der Waals surface area contributed by atoms with E-state index in [1.54, 1.807) is 32.0 Å². The number of ether oxygens (including phenoxy) is 4. The first-order chi connectivity index (χ1) is 22.1. The van der Waals surface area contributed by atoms with Gasteiger partial charge in [0.1, 0.15) is 0 Å². The molecule has 4 aromatic rings. The van der Waals surface area contributed by atoms with Crippen LogP contribution in [0.4, 0.5) is 0 Å². The lowest BCUT2D eigenvalue weighted by molar-refractivity contribution is -0.143. The van der Waals surface area contributed by atoms with E-state index in [0.717, 1.165) is 28.2 Å². The van der Waals surface area contributed by atoms with Gasteiger partial charge in [-0.15, -0.1) is 0 Å². The SMILES string of the molecule is CCOC(=O)C1=C(C)N=c2s/c(=C\c3cc(C)n(-c4ccccc4C)c3C)c(=O)n2[C@@H]1c1ccc(OCC(=O)OC)c(OCC)c1. The van der Waals surface area contributed by atoms with Gasteiger partial charge in [-0.3, -0.25) is 9.36 Å². The lowest BCUT2D eigenvalue weighted by Gasteiger charge is -2.25. The first-order valence-electron chi connectivity index (χ1n) is 15.0. The molecule has 1 atom stereocenters. The number of allylic oxidation sites excluding steroid dienone is 1. The number of aryl methyl sites for hydroxylation is 2. The molecule has 1 aliphatic heterocycles. The molecule has 0 saturated carbocycles. The van der Waals surface area contributed by atoms with Crippen molar-refractivity contribution in [1.29, 1.82) is 0 Å². The van der Waals surface area contributed by atoms with Crippen LogP contribution < -0.4 is 24.4 Å². The van der Waals surface area contributed by atoms with Gasteiger partial charge in [0, 0.05) is 17.1 Å². The Morgan fingerprint density at radius 3 is 2.43 bits per heavy atom. The smallest absolute Gasteiger partial charge is 0.343 e. The van der Waals surface area contributed by atoms with E-state index in [-0.39, 0.29) is 24.3 Å². The molecule has 240 valence electrons. The van der Waals surface area contributed by atoms with Gasteiger partial charge >= 0.3 is 11.9 Å². The highest BCUT2D eigenvalue weighted by Gasteiger charge is 2.34. The topological polar surface area (TPSA) is 110 Å². The summed E-state index contributed by atoms with van der Waals surface area (Å²) in [5.74, 6) is -0.423. The first-order valence-corrected chi connectivity index (χ1v) is 15.8. The predicted octanol–water partition coefficient (Wildman–Crippen LogP) is 4.46. The maximum absolute atomic E-state index is 14.2.